The van der Waals surface area contributed by atoms with Crippen molar-refractivity contribution in [3.8, 4) is 5.75 Å². The molecule has 2 aliphatic rings. The van der Waals surface area contributed by atoms with E-state index in [-0.39, 0.29) is 29.4 Å². The van der Waals surface area contributed by atoms with Crippen molar-refractivity contribution in [1.82, 2.24) is 4.98 Å². The number of anilines is 1. The topological polar surface area (TPSA) is 114 Å². The van der Waals surface area contributed by atoms with E-state index in [0.29, 0.717) is 36.3 Å². The average Bonchev–Trinajstić information content (AvgIpc) is 3.20. The van der Waals surface area contributed by atoms with Crippen LogP contribution in [0.2, 0.25) is 0 Å². The summed E-state index contributed by atoms with van der Waals surface area (Å²) in [5.74, 6) is 0.895. The van der Waals surface area contributed by atoms with Crippen LogP contribution < -0.4 is 10.5 Å². The third-order valence-electron chi connectivity index (χ3n) is 6.24. The maximum Gasteiger partial charge on any atom is 0.387 e. The van der Waals surface area contributed by atoms with Gasteiger partial charge in [0.1, 0.15) is 0 Å². The number of halogens is 2. The van der Waals surface area contributed by atoms with Crippen LogP contribution in [0.4, 0.5) is 14.6 Å². The number of aliphatic imine (C=N–C) groups is 1. The highest BCUT2D eigenvalue weighted by Gasteiger charge is 2.58. The molecule has 3 atom stereocenters. The number of nitrogens with zero attached hydrogens (tertiary/aromatic N) is 2. The normalized spacial score (nSPS) is 26.2. The number of hydrogen-bond donors (Lipinski definition) is 3. The molecule has 178 valence electrons. The Hall–Kier alpha value is -2.13. The van der Waals surface area contributed by atoms with Gasteiger partial charge in [0, 0.05) is 41.6 Å². The van der Waals surface area contributed by atoms with Crippen molar-refractivity contribution in [2.75, 3.05) is 12.3 Å². The van der Waals surface area contributed by atoms with Gasteiger partial charge in [0.2, 0.25) is 0 Å². The number of nitrogens with one attached hydrogen (secondary N) is 1. The number of nitrogens with two attached hydrogens (primary N) is 1. The number of fused-ring (bicyclic) bond motifs is 1. The van der Waals surface area contributed by atoms with E-state index in [2.05, 4.69) is 23.6 Å². The lowest BCUT2D eigenvalue weighted by atomic mass is 9.98. The Labute approximate surface area is 187 Å². The minimum Gasteiger partial charge on any atom is -0.431 e. The molecule has 0 aliphatic heterocycles. The fourth-order valence-electron chi connectivity index (χ4n) is 4.46. The molecule has 0 bridgehead atoms. The summed E-state index contributed by atoms with van der Waals surface area (Å²) in [6, 6.07) is 1.48. The van der Waals surface area contributed by atoms with Gasteiger partial charge in [-0.25, -0.2) is 4.98 Å². The molecule has 2 saturated carbocycles. The van der Waals surface area contributed by atoms with Gasteiger partial charge < -0.3 is 25.7 Å². The first-order valence-electron chi connectivity index (χ1n) is 11.2. The predicted octanol–water partition coefficient (Wildman–Crippen LogP) is 4.07. The van der Waals surface area contributed by atoms with Gasteiger partial charge in [-0.2, -0.15) is 8.78 Å². The van der Waals surface area contributed by atoms with Gasteiger partial charge in [-0.15, -0.1) is 0 Å². The van der Waals surface area contributed by atoms with E-state index in [1.54, 1.807) is 13.8 Å². The van der Waals surface area contributed by atoms with Gasteiger partial charge in [0.25, 0.3) is 0 Å². The Morgan fingerprint density at radius 1 is 1.38 bits per heavy atom. The molecule has 0 aromatic carbocycles. The first-order valence-corrected chi connectivity index (χ1v) is 11.2. The monoisotopic (exact) mass is 452 g/mol. The Morgan fingerprint density at radius 3 is 2.59 bits per heavy atom. The van der Waals surface area contributed by atoms with E-state index >= 15 is 0 Å². The van der Waals surface area contributed by atoms with Crippen molar-refractivity contribution >= 4 is 17.2 Å². The van der Waals surface area contributed by atoms with Crippen molar-refractivity contribution in [3.05, 3.63) is 17.8 Å². The van der Waals surface area contributed by atoms with Crippen LogP contribution in [0.15, 0.2) is 17.3 Å². The summed E-state index contributed by atoms with van der Waals surface area (Å²) >= 11 is 0. The maximum atomic E-state index is 12.6. The Balaban J connectivity index is 1.67. The van der Waals surface area contributed by atoms with Gasteiger partial charge in [-0.1, -0.05) is 6.92 Å². The van der Waals surface area contributed by atoms with Crippen molar-refractivity contribution in [1.29, 1.82) is 5.41 Å². The summed E-state index contributed by atoms with van der Waals surface area (Å²) in [6.07, 6.45) is 4.63. The first kappa shape index (κ1) is 24.5. The van der Waals surface area contributed by atoms with Crippen molar-refractivity contribution < 1.29 is 23.4 Å². The molecule has 32 heavy (non-hydrogen) atoms. The van der Waals surface area contributed by atoms with Gasteiger partial charge in [0.05, 0.1) is 18.3 Å². The highest BCUT2D eigenvalue weighted by atomic mass is 19.3. The van der Waals surface area contributed by atoms with Crippen LogP contribution in [0.3, 0.4) is 0 Å². The minimum absolute atomic E-state index is 0.135. The van der Waals surface area contributed by atoms with E-state index < -0.39 is 12.2 Å². The summed E-state index contributed by atoms with van der Waals surface area (Å²) in [6.45, 7) is 4.89. The third kappa shape index (κ3) is 6.22. The van der Waals surface area contributed by atoms with Crippen molar-refractivity contribution in [2.24, 2.45) is 22.7 Å². The Bertz CT molecular complexity index is 844. The van der Waals surface area contributed by atoms with Gasteiger partial charge >= 0.3 is 6.61 Å². The SMILES string of the molecule is CCC(C)N=C(CC(=N)c1cnc(N)c(OC(F)F)c1)C1C2CC(OCC(C)(C)O)CC21. The second-order valence-corrected chi connectivity index (χ2v) is 9.59. The summed E-state index contributed by atoms with van der Waals surface area (Å²) in [5, 5.41) is 18.4. The number of alkyl halides is 2. The lowest BCUT2D eigenvalue weighted by Gasteiger charge is -2.22. The smallest absolute Gasteiger partial charge is 0.387 e. The summed E-state index contributed by atoms with van der Waals surface area (Å²) in [5.41, 5.74) is 6.39. The fraction of sp³-hybridized carbons (Fsp3) is 0.696. The number of aliphatic hydroxyl groups is 1. The lowest BCUT2D eigenvalue weighted by Crippen LogP contribution is -2.29. The number of nitrogen functional groups attached to an aromatic ring is 1. The number of aromatic nitrogens is 1. The molecule has 1 aromatic heterocycles. The fourth-order valence-corrected chi connectivity index (χ4v) is 4.46. The van der Waals surface area contributed by atoms with Crippen molar-refractivity contribution in [2.45, 2.75) is 77.7 Å². The molecule has 1 aromatic rings. The summed E-state index contributed by atoms with van der Waals surface area (Å²) in [7, 11) is 0. The summed E-state index contributed by atoms with van der Waals surface area (Å²) < 4.78 is 35.5. The maximum absolute atomic E-state index is 12.6. The largest absolute Gasteiger partial charge is 0.431 e. The average molecular weight is 453 g/mol. The van der Waals surface area contributed by atoms with Crippen molar-refractivity contribution in [3.63, 3.8) is 0 Å². The van der Waals surface area contributed by atoms with Crippen LogP contribution in [-0.4, -0.2) is 52.5 Å². The highest BCUT2D eigenvalue weighted by molar-refractivity contribution is 6.12. The first-order chi connectivity index (χ1) is 15.0. The molecule has 7 nitrogen and oxygen atoms in total. The van der Waals surface area contributed by atoms with Crippen LogP contribution >= 0.6 is 0 Å². The molecule has 0 saturated heterocycles. The molecule has 2 aliphatic carbocycles. The predicted molar refractivity (Wildman–Crippen MR) is 120 cm³/mol. The number of ether oxygens (including phenoxy) is 2. The van der Waals surface area contributed by atoms with Gasteiger partial charge in [-0.05, 0) is 57.9 Å². The van der Waals surface area contributed by atoms with Crippen LogP contribution in [0.5, 0.6) is 5.75 Å². The molecule has 2 fully saturated rings. The molecular formula is C23H34F2N4O3. The van der Waals surface area contributed by atoms with Crippen LogP contribution in [0, 0.1) is 23.2 Å². The number of hydrogen-bond acceptors (Lipinski definition) is 7. The molecule has 9 heteroatoms. The van der Waals surface area contributed by atoms with E-state index in [4.69, 9.17) is 20.9 Å². The molecule has 3 rings (SSSR count). The molecule has 0 spiro atoms. The molecule has 0 amide bonds. The second kappa shape index (κ2) is 9.79. The van der Waals surface area contributed by atoms with Gasteiger partial charge in [0.15, 0.2) is 11.6 Å². The lowest BCUT2D eigenvalue weighted by molar-refractivity contribution is -0.0543. The zero-order valence-corrected chi connectivity index (χ0v) is 19.1. The zero-order valence-electron chi connectivity index (χ0n) is 19.1. The molecule has 4 N–H and O–H groups in total. The third-order valence-corrected chi connectivity index (χ3v) is 6.24. The molecular weight excluding hydrogens is 418 g/mol. The van der Waals surface area contributed by atoms with E-state index in [1.807, 2.05) is 0 Å². The molecule has 0 radical (unpaired) electrons. The quantitative estimate of drug-likeness (QED) is 0.438. The van der Waals surface area contributed by atoms with Crippen LogP contribution in [-0.2, 0) is 4.74 Å². The Morgan fingerprint density at radius 2 is 2.03 bits per heavy atom. The summed E-state index contributed by atoms with van der Waals surface area (Å²) in [4.78, 5) is 8.81. The van der Waals surface area contributed by atoms with Gasteiger partial charge in [-0.3, -0.25) is 4.99 Å². The number of rotatable bonds is 11. The zero-order chi connectivity index (χ0) is 23.6. The van der Waals surface area contributed by atoms with E-state index in [0.717, 1.165) is 25.0 Å². The van der Waals surface area contributed by atoms with Crippen LogP contribution in [0.25, 0.3) is 0 Å². The second-order valence-electron chi connectivity index (χ2n) is 9.59. The Kier molecular flexibility index (Phi) is 7.50. The van der Waals surface area contributed by atoms with E-state index in [9.17, 15) is 13.9 Å². The number of pyridine rings is 1. The molecule has 3 unspecified atom stereocenters. The minimum atomic E-state index is -3.01. The van der Waals surface area contributed by atoms with E-state index in [1.165, 1.54) is 12.3 Å². The molecule has 1 heterocycles. The van der Waals surface area contributed by atoms with Crippen LogP contribution in [0.1, 0.15) is 58.9 Å². The standard InChI is InChI=1S/C23H34F2N4O3/c1-5-12(2)29-18(20-15-7-14(8-16(15)20)31-11-23(3,4)30)9-17(26)13-6-19(32-22(24)25)21(27)28-10-13/h6,10,12,14-16,20,22,26,30H,5,7-9,11H2,1-4H3,(H2,27,28). The highest BCUT2D eigenvalue weighted by Crippen LogP contribution is 2.59.